The molecule has 2 amide bonds. The standard InChI is InChI=1S/C23H35N3O3/c27-22(17-25-11-7-18-4-1-2-5-20(18)15-25)14-24-23(28)26-10-3-6-21(16-26)19-8-12-29-13-9-19/h1-2,4-5,19,21-22,27H,3,6-17H2,(H,24,28). The molecule has 0 radical (unpaired) electrons. The highest BCUT2D eigenvalue weighted by Gasteiger charge is 2.30. The average molecular weight is 402 g/mol. The van der Waals surface area contributed by atoms with Crippen LogP contribution in [0.25, 0.3) is 0 Å². The average Bonchev–Trinajstić information content (AvgIpc) is 2.78. The number of likely N-dealkylation sites (tertiary alicyclic amines) is 1. The van der Waals surface area contributed by atoms with Crippen LogP contribution in [0.4, 0.5) is 4.79 Å². The number of hydrogen-bond donors (Lipinski definition) is 2. The van der Waals surface area contributed by atoms with Crippen molar-refractivity contribution in [3.63, 3.8) is 0 Å². The van der Waals surface area contributed by atoms with Crippen molar-refractivity contribution in [1.82, 2.24) is 15.1 Å². The number of urea groups is 1. The first kappa shape index (κ1) is 20.6. The van der Waals surface area contributed by atoms with Gasteiger partial charge in [-0.25, -0.2) is 4.79 Å². The number of ether oxygens (including phenoxy) is 1. The lowest BCUT2D eigenvalue weighted by atomic mass is 9.81. The maximum atomic E-state index is 12.7. The van der Waals surface area contributed by atoms with Crippen LogP contribution in [0, 0.1) is 11.8 Å². The van der Waals surface area contributed by atoms with Crippen molar-refractivity contribution in [3.8, 4) is 0 Å². The number of carbonyl (C=O) groups excluding carboxylic acids is 1. The third kappa shape index (κ3) is 5.50. The number of aliphatic hydroxyl groups is 1. The van der Waals surface area contributed by atoms with Gasteiger partial charge in [-0.1, -0.05) is 24.3 Å². The zero-order valence-electron chi connectivity index (χ0n) is 17.4. The molecular weight excluding hydrogens is 366 g/mol. The lowest BCUT2D eigenvalue weighted by Gasteiger charge is -2.38. The minimum Gasteiger partial charge on any atom is -0.390 e. The van der Waals surface area contributed by atoms with Gasteiger partial charge >= 0.3 is 6.03 Å². The SMILES string of the molecule is O=C(NCC(O)CN1CCc2ccccc2C1)N1CCCC(C2CCOCC2)C1. The second-order valence-electron chi connectivity index (χ2n) is 8.89. The summed E-state index contributed by atoms with van der Waals surface area (Å²) in [6, 6.07) is 8.50. The zero-order chi connectivity index (χ0) is 20.1. The first-order valence-electron chi connectivity index (χ1n) is 11.3. The summed E-state index contributed by atoms with van der Waals surface area (Å²) >= 11 is 0. The van der Waals surface area contributed by atoms with Crippen LogP contribution >= 0.6 is 0 Å². The molecule has 3 aliphatic rings. The molecule has 0 bridgehead atoms. The van der Waals surface area contributed by atoms with Crippen molar-refractivity contribution in [1.29, 1.82) is 0 Å². The number of nitrogens with one attached hydrogen (secondary N) is 1. The Labute approximate surface area is 174 Å². The van der Waals surface area contributed by atoms with E-state index in [2.05, 4.69) is 34.5 Å². The highest BCUT2D eigenvalue weighted by Crippen LogP contribution is 2.30. The first-order chi connectivity index (χ1) is 14.2. The van der Waals surface area contributed by atoms with Crippen molar-refractivity contribution < 1.29 is 14.6 Å². The van der Waals surface area contributed by atoms with Gasteiger partial charge in [0.15, 0.2) is 0 Å². The van der Waals surface area contributed by atoms with E-state index in [1.54, 1.807) is 0 Å². The number of rotatable bonds is 5. The second-order valence-corrected chi connectivity index (χ2v) is 8.89. The highest BCUT2D eigenvalue weighted by molar-refractivity contribution is 5.74. The van der Waals surface area contributed by atoms with Crippen LogP contribution in [0.15, 0.2) is 24.3 Å². The maximum absolute atomic E-state index is 12.7. The minimum atomic E-state index is -0.541. The van der Waals surface area contributed by atoms with Gasteiger partial charge in [0.25, 0.3) is 0 Å². The Morgan fingerprint density at radius 2 is 1.93 bits per heavy atom. The third-order valence-corrected chi connectivity index (χ3v) is 6.85. The van der Waals surface area contributed by atoms with E-state index >= 15 is 0 Å². The number of carbonyl (C=O) groups is 1. The van der Waals surface area contributed by atoms with E-state index in [9.17, 15) is 9.90 Å². The molecule has 2 unspecified atom stereocenters. The van der Waals surface area contributed by atoms with Crippen molar-refractivity contribution in [2.24, 2.45) is 11.8 Å². The van der Waals surface area contributed by atoms with Crippen LogP contribution in [0.1, 0.15) is 36.8 Å². The molecule has 160 valence electrons. The molecule has 3 aliphatic heterocycles. The van der Waals surface area contributed by atoms with Crippen molar-refractivity contribution >= 4 is 6.03 Å². The topological polar surface area (TPSA) is 65.0 Å². The molecule has 2 saturated heterocycles. The van der Waals surface area contributed by atoms with Crippen molar-refractivity contribution in [2.75, 3.05) is 45.9 Å². The molecule has 6 nitrogen and oxygen atoms in total. The van der Waals surface area contributed by atoms with Gasteiger partial charge in [0.2, 0.25) is 0 Å². The molecule has 2 fully saturated rings. The number of piperidine rings is 1. The fourth-order valence-corrected chi connectivity index (χ4v) is 5.16. The van der Waals surface area contributed by atoms with Gasteiger partial charge in [0, 0.05) is 52.5 Å². The van der Waals surface area contributed by atoms with Crippen LogP contribution < -0.4 is 5.32 Å². The predicted octanol–water partition coefficient (Wildman–Crippen LogP) is 2.25. The van der Waals surface area contributed by atoms with E-state index < -0.39 is 6.10 Å². The Balaban J connectivity index is 1.20. The number of hydrogen-bond acceptors (Lipinski definition) is 4. The summed E-state index contributed by atoms with van der Waals surface area (Å²) in [5.74, 6) is 1.28. The monoisotopic (exact) mass is 401 g/mol. The molecule has 0 saturated carbocycles. The van der Waals surface area contributed by atoms with Crippen LogP contribution in [0.5, 0.6) is 0 Å². The lowest BCUT2D eigenvalue weighted by molar-refractivity contribution is 0.0311. The molecule has 6 heteroatoms. The van der Waals surface area contributed by atoms with Gasteiger partial charge in [-0.05, 0) is 55.1 Å². The fourth-order valence-electron chi connectivity index (χ4n) is 5.16. The minimum absolute atomic E-state index is 0.0233. The van der Waals surface area contributed by atoms with E-state index in [-0.39, 0.29) is 6.03 Å². The second kappa shape index (κ2) is 9.92. The van der Waals surface area contributed by atoms with E-state index in [1.807, 2.05) is 4.90 Å². The smallest absolute Gasteiger partial charge is 0.317 e. The zero-order valence-corrected chi connectivity index (χ0v) is 17.4. The molecule has 2 atom stereocenters. The lowest BCUT2D eigenvalue weighted by Crippen LogP contribution is -2.50. The Kier molecular flexibility index (Phi) is 7.06. The van der Waals surface area contributed by atoms with Gasteiger partial charge in [-0.2, -0.15) is 0 Å². The predicted molar refractivity (Wildman–Crippen MR) is 113 cm³/mol. The van der Waals surface area contributed by atoms with Gasteiger partial charge in [-0.3, -0.25) is 4.90 Å². The van der Waals surface area contributed by atoms with Gasteiger partial charge in [-0.15, -0.1) is 0 Å². The molecule has 1 aromatic rings. The van der Waals surface area contributed by atoms with Gasteiger partial charge in [0.05, 0.1) is 6.10 Å². The Hall–Kier alpha value is -1.63. The van der Waals surface area contributed by atoms with E-state index in [0.717, 1.165) is 65.1 Å². The third-order valence-electron chi connectivity index (χ3n) is 6.85. The van der Waals surface area contributed by atoms with E-state index in [0.29, 0.717) is 24.9 Å². The number of fused-ring (bicyclic) bond motifs is 1. The largest absolute Gasteiger partial charge is 0.390 e. The highest BCUT2D eigenvalue weighted by atomic mass is 16.5. The van der Waals surface area contributed by atoms with Crippen molar-refractivity contribution in [2.45, 2.75) is 44.8 Å². The van der Waals surface area contributed by atoms with E-state index in [4.69, 9.17) is 4.74 Å². The number of nitrogens with zero attached hydrogens (tertiary/aromatic N) is 2. The van der Waals surface area contributed by atoms with E-state index in [1.165, 1.54) is 17.5 Å². The molecule has 2 N–H and O–H groups in total. The normalized spacial score (nSPS) is 24.7. The summed E-state index contributed by atoms with van der Waals surface area (Å²) in [6.07, 6.45) is 5.02. The quantitative estimate of drug-likeness (QED) is 0.794. The number of β-amino-alcohol motifs (C(OH)–C–C–N with tert-alkyl or cyclic N) is 1. The molecule has 1 aromatic carbocycles. The molecular formula is C23H35N3O3. The summed E-state index contributed by atoms with van der Waals surface area (Å²) in [5, 5.41) is 13.4. The van der Waals surface area contributed by atoms with Crippen LogP contribution in [0.2, 0.25) is 0 Å². The Morgan fingerprint density at radius 3 is 2.76 bits per heavy atom. The summed E-state index contributed by atoms with van der Waals surface area (Å²) in [6.45, 7) is 6.14. The number of aliphatic hydroxyl groups excluding tert-OH is 1. The summed E-state index contributed by atoms with van der Waals surface area (Å²) in [7, 11) is 0. The molecule has 29 heavy (non-hydrogen) atoms. The van der Waals surface area contributed by atoms with Crippen LogP contribution in [-0.2, 0) is 17.7 Å². The Morgan fingerprint density at radius 1 is 1.14 bits per heavy atom. The molecule has 0 aliphatic carbocycles. The molecule has 0 spiro atoms. The molecule has 4 rings (SSSR count). The number of benzene rings is 1. The first-order valence-corrected chi connectivity index (χ1v) is 11.3. The molecule has 3 heterocycles. The van der Waals surface area contributed by atoms with Crippen LogP contribution in [-0.4, -0.2) is 73.0 Å². The summed E-state index contributed by atoms with van der Waals surface area (Å²) in [5.41, 5.74) is 2.76. The summed E-state index contributed by atoms with van der Waals surface area (Å²) < 4.78 is 5.49. The van der Waals surface area contributed by atoms with Crippen molar-refractivity contribution in [3.05, 3.63) is 35.4 Å². The summed E-state index contributed by atoms with van der Waals surface area (Å²) in [4.78, 5) is 16.9. The Bertz CT molecular complexity index is 677. The van der Waals surface area contributed by atoms with Gasteiger partial charge < -0.3 is 20.1 Å². The fraction of sp³-hybridized carbons (Fsp3) is 0.696. The molecule has 0 aromatic heterocycles. The van der Waals surface area contributed by atoms with Crippen LogP contribution in [0.3, 0.4) is 0 Å². The maximum Gasteiger partial charge on any atom is 0.317 e. The van der Waals surface area contributed by atoms with Gasteiger partial charge in [0.1, 0.15) is 0 Å². The number of amides is 2.